The minimum atomic E-state index is -0.0947. The van der Waals surface area contributed by atoms with Gasteiger partial charge in [0.1, 0.15) is 0 Å². The highest BCUT2D eigenvalue weighted by Crippen LogP contribution is 2.13. The molecular weight excluding hydrogens is 298 g/mol. The lowest BCUT2D eigenvalue weighted by molar-refractivity contribution is -0.163. The molecule has 0 radical (unpaired) electrons. The second kappa shape index (κ2) is 6.50. The molecule has 2 heterocycles. The topological polar surface area (TPSA) is 40.5 Å². The van der Waals surface area contributed by atoms with Gasteiger partial charge >= 0.3 is 0 Å². The van der Waals surface area contributed by atoms with E-state index >= 15 is 0 Å². The van der Waals surface area contributed by atoms with Gasteiger partial charge in [0.05, 0.1) is 6.61 Å². The van der Waals surface area contributed by atoms with E-state index in [2.05, 4.69) is 15.9 Å². The maximum absolute atomic E-state index is 11.9. The number of hydrogen-bond acceptors (Lipinski definition) is 3. The summed E-state index contributed by atoms with van der Waals surface area (Å²) in [4.78, 5) is 11.9. The van der Waals surface area contributed by atoms with Gasteiger partial charge < -0.3 is 14.0 Å². The molecule has 1 aliphatic heterocycles. The zero-order valence-corrected chi connectivity index (χ0v) is 12.1. The highest BCUT2D eigenvalue weighted by Gasteiger charge is 2.13. The molecule has 0 amide bonds. The van der Waals surface area contributed by atoms with E-state index in [1.54, 1.807) is 10.8 Å². The number of ether oxygens (including phenoxy) is 2. The summed E-state index contributed by atoms with van der Waals surface area (Å²) in [5, 5.41) is 0. The van der Waals surface area contributed by atoms with Gasteiger partial charge in [-0.25, -0.2) is 0 Å². The van der Waals surface area contributed by atoms with Crippen LogP contribution in [0.3, 0.4) is 0 Å². The number of aryl methyl sites for hydroxylation is 1. The summed E-state index contributed by atoms with van der Waals surface area (Å²) in [5.74, 6) is 0. The van der Waals surface area contributed by atoms with Crippen molar-refractivity contribution in [1.82, 2.24) is 4.57 Å². The van der Waals surface area contributed by atoms with Crippen LogP contribution in [0.1, 0.15) is 24.8 Å². The van der Waals surface area contributed by atoms with Crippen LogP contribution in [0.4, 0.5) is 0 Å². The van der Waals surface area contributed by atoms with Crippen molar-refractivity contribution < 1.29 is 9.47 Å². The Balaban J connectivity index is 1.88. The van der Waals surface area contributed by atoms with Crippen molar-refractivity contribution in [1.29, 1.82) is 0 Å². The summed E-state index contributed by atoms with van der Waals surface area (Å²) < 4.78 is 13.7. The summed E-state index contributed by atoms with van der Waals surface area (Å²) in [6.45, 7) is 3.65. The van der Waals surface area contributed by atoms with E-state index in [1.807, 2.05) is 13.0 Å². The van der Waals surface area contributed by atoms with Crippen molar-refractivity contribution >= 4 is 15.9 Å². The molecule has 18 heavy (non-hydrogen) atoms. The fraction of sp³-hybridized carbons (Fsp3) is 0.615. The standard InChI is InChI=1S/C13H18BrNO3/c1-10-8-11(14)9-15(13(10)16)5-7-18-12-4-2-3-6-17-12/h8-9,12H,2-7H2,1H3/t12-/m0/s1. The van der Waals surface area contributed by atoms with Gasteiger partial charge in [-0.3, -0.25) is 4.79 Å². The van der Waals surface area contributed by atoms with Crippen molar-refractivity contribution in [3.63, 3.8) is 0 Å². The van der Waals surface area contributed by atoms with E-state index in [0.717, 1.165) is 35.9 Å². The molecule has 100 valence electrons. The number of rotatable bonds is 4. The molecule has 0 aliphatic carbocycles. The second-order valence-corrected chi connectivity index (χ2v) is 5.42. The molecule has 0 unspecified atom stereocenters. The van der Waals surface area contributed by atoms with Gasteiger partial charge in [0.25, 0.3) is 5.56 Å². The minimum Gasteiger partial charge on any atom is -0.353 e. The summed E-state index contributed by atoms with van der Waals surface area (Å²) in [5.41, 5.74) is 0.768. The lowest BCUT2D eigenvalue weighted by Gasteiger charge is -2.22. The maximum Gasteiger partial charge on any atom is 0.253 e. The van der Waals surface area contributed by atoms with E-state index in [-0.39, 0.29) is 11.8 Å². The SMILES string of the molecule is Cc1cc(Br)cn(CCO[C@H]2CCCCO2)c1=O. The zero-order chi connectivity index (χ0) is 13.0. The largest absolute Gasteiger partial charge is 0.353 e. The van der Waals surface area contributed by atoms with Crippen LogP contribution >= 0.6 is 15.9 Å². The third-order valence-electron chi connectivity index (χ3n) is 3.01. The fourth-order valence-corrected chi connectivity index (χ4v) is 2.62. The predicted molar refractivity (Wildman–Crippen MR) is 72.7 cm³/mol. The van der Waals surface area contributed by atoms with E-state index in [0.29, 0.717) is 13.2 Å². The molecule has 1 saturated heterocycles. The molecule has 0 spiro atoms. The van der Waals surface area contributed by atoms with Crippen LogP contribution in [-0.4, -0.2) is 24.1 Å². The predicted octanol–water partition coefficient (Wildman–Crippen LogP) is 2.46. The lowest BCUT2D eigenvalue weighted by Crippen LogP contribution is -2.27. The number of nitrogens with zero attached hydrogens (tertiary/aromatic N) is 1. The molecule has 1 aromatic rings. The Bertz CT molecular complexity index is 452. The number of pyridine rings is 1. The van der Waals surface area contributed by atoms with Crippen molar-refractivity contribution in [2.24, 2.45) is 0 Å². The first-order chi connectivity index (χ1) is 8.66. The quantitative estimate of drug-likeness (QED) is 0.857. The van der Waals surface area contributed by atoms with Gasteiger partial charge in [-0.1, -0.05) is 0 Å². The van der Waals surface area contributed by atoms with E-state index in [1.165, 1.54) is 0 Å². The molecule has 1 aliphatic rings. The van der Waals surface area contributed by atoms with Crippen LogP contribution in [0.25, 0.3) is 0 Å². The Kier molecular flexibility index (Phi) is 4.97. The zero-order valence-electron chi connectivity index (χ0n) is 10.5. The number of hydrogen-bond donors (Lipinski definition) is 0. The number of aromatic nitrogens is 1. The van der Waals surface area contributed by atoms with Gasteiger partial charge in [0.2, 0.25) is 0 Å². The summed E-state index contributed by atoms with van der Waals surface area (Å²) in [6.07, 6.45) is 4.92. The van der Waals surface area contributed by atoms with Gasteiger partial charge in [-0.05, 0) is 48.2 Å². The molecule has 2 rings (SSSR count). The highest BCUT2D eigenvalue weighted by molar-refractivity contribution is 9.10. The summed E-state index contributed by atoms with van der Waals surface area (Å²) in [6, 6.07) is 1.82. The van der Waals surface area contributed by atoms with E-state index in [9.17, 15) is 4.79 Å². The van der Waals surface area contributed by atoms with Crippen LogP contribution in [0.2, 0.25) is 0 Å². The van der Waals surface area contributed by atoms with Crippen LogP contribution in [0, 0.1) is 6.92 Å². The van der Waals surface area contributed by atoms with Crippen LogP contribution in [0.5, 0.6) is 0 Å². The van der Waals surface area contributed by atoms with Crippen LogP contribution in [-0.2, 0) is 16.0 Å². The summed E-state index contributed by atoms with van der Waals surface area (Å²) >= 11 is 3.39. The Morgan fingerprint density at radius 2 is 2.39 bits per heavy atom. The van der Waals surface area contributed by atoms with Crippen LogP contribution < -0.4 is 5.56 Å². The molecule has 0 saturated carbocycles. The van der Waals surface area contributed by atoms with E-state index < -0.39 is 0 Å². The molecule has 0 N–H and O–H groups in total. The average molecular weight is 316 g/mol. The molecular formula is C13H18BrNO3. The Morgan fingerprint density at radius 3 is 3.11 bits per heavy atom. The second-order valence-electron chi connectivity index (χ2n) is 4.51. The molecule has 4 nitrogen and oxygen atoms in total. The highest BCUT2D eigenvalue weighted by atomic mass is 79.9. The lowest BCUT2D eigenvalue weighted by atomic mass is 10.2. The van der Waals surface area contributed by atoms with Gasteiger partial charge in [0.15, 0.2) is 6.29 Å². The summed E-state index contributed by atoms with van der Waals surface area (Å²) in [7, 11) is 0. The Labute approximate surface area is 115 Å². The van der Waals surface area contributed by atoms with Crippen molar-refractivity contribution in [2.45, 2.75) is 39.0 Å². The van der Waals surface area contributed by atoms with Gasteiger partial charge in [-0.15, -0.1) is 0 Å². The Hall–Kier alpha value is -0.650. The Morgan fingerprint density at radius 1 is 1.56 bits per heavy atom. The van der Waals surface area contributed by atoms with Crippen LogP contribution in [0.15, 0.2) is 21.5 Å². The average Bonchev–Trinajstić information content (AvgIpc) is 2.36. The molecule has 0 bridgehead atoms. The third-order valence-corrected chi connectivity index (χ3v) is 3.44. The molecule has 0 aromatic carbocycles. The first-order valence-electron chi connectivity index (χ1n) is 6.26. The molecule has 5 heteroatoms. The third kappa shape index (κ3) is 3.67. The molecule has 1 atom stereocenters. The van der Waals surface area contributed by atoms with Crippen molar-refractivity contribution in [3.8, 4) is 0 Å². The first kappa shape index (κ1) is 13.8. The minimum absolute atomic E-state index is 0.0337. The van der Waals surface area contributed by atoms with Gasteiger partial charge in [0, 0.05) is 29.4 Å². The molecule has 1 fully saturated rings. The monoisotopic (exact) mass is 315 g/mol. The molecule has 1 aromatic heterocycles. The van der Waals surface area contributed by atoms with Crippen molar-refractivity contribution in [2.75, 3.05) is 13.2 Å². The number of halogens is 1. The smallest absolute Gasteiger partial charge is 0.253 e. The normalized spacial score (nSPS) is 20.0. The maximum atomic E-state index is 11.9. The first-order valence-corrected chi connectivity index (χ1v) is 7.06. The fourth-order valence-electron chi connectivity index (χ4n) is 2.03. The van der Waals surface area contributed by atoms with Gasteiger partial charge in [-0.2, -0.15) is 0 Å². The van der Waals surface area contributed by atoms with Crippen molar-refractivity contribution in [3.05, 3.63) is 32.7 Å². The van der Waals surface area contributed by atoms with E-state index in [4.69, 9.17) is 9.47 Å².